The van der Waals surface area contributed by atoms with Crippen LogP contribution in [0.4, 0.5) is 0 Å². The Balaban J connectivity index is 2.05. The predicted octanol–water partition coefficient (Wildman–Crippen LogP) is 2.53. The van der Waals surface area contributed by atoms with Crippen molar-refractivity contribution in [1.82, 2.24) is 4.90 Å². The van der Waals surface area contributed by atoms with Gasteiger partial charge in [-0.1, -0.05) is 36.2 Å². The summed E-state index contributed by atoms with van der Waals surface area (Å²) in [5, 5.41) is 9.94. The van der Waals surface area contributed by atoms with Gasteiger partial charge in [0.05, 0.1) is 12.7 Å². The molecule has 0 bridgehead atoms. The smallest absolute Gasteiger partial charge is 0.0900 e. The molecule has 0 aliphatic carbocycles. The minimum atomic E-state index is -0.393. The van der Waals surface area contributed by atoms with E-state index in [1.807, 2.05) is 0 Å². The number of benzene rings is 1. The summed E-state index contributed by atoms with van der Waals surface area (Å²) in [4.78, 5) is 2.40. The van der Waals surface area contributed by atoms with E-state index in [0.717, 1.165) is 6.54 Å². The molecule has 1 fully saturated rings. The number of aliphatic hydroxyl groups is 1. The third kappa shape index (κ3) is 4.03. The quantitative estimate of drug-likeness (QED) is 0.886. The number of piperidine rings is 1. The first-order valence-electron chi connectivity index (χ1n) is 7.18. The molecule has 106 valence electrons. The first-order chi connectivity index (χ1) is 9.20. The van der Waals surface area contributed by atoms with Crippen LogP contribution in [0.2, 0.25) is 0 Å². The Kier molecular flexibility index (Phi) is 5.37. The Morgan fingerprint density at radius 3 is 2.74 bits per heavy atom. The van der Waals surface area contributed by atoms with Crippen LogP contribution in [0.15, 0.2) is 24.3 Å². The van der Waals surface area contributed by atoms with Gasteiger partial charge in [-0.05, 0) is 31.9 Å². The SMILES string of the molecule is COCC(O)CN1CCCCC1c1ccc(C)cc1. The number of methoxy groups -OCH3 is 1. The molecule has 2 unspecified atom stereocenters. The molecule has 2 atom stereocenters. The van der Waals surface area contributed by atoms with Crippen molar-refractivity contribution in [1.29, 1.82) is 0 Å². The van der Waals surface area contributed by atoms with Crippen molar-refractivity contribution in [3.05, 3.63) is 35.4 Å². The monoisotopic (exact) mass is 263 g/mol. The molecule has 3 heteroatoms. The van der Waals surface area contributed by atoms with Gasteiger partial charge >= 0.3 is 0 Å². The average Bonchev–Trinajstić information content (AvgIpc) is 2.41. The minimum absolute atomic E-state index is 0.393. The van der Waals surface area contributed by atoms with E-state index in [9.17, 15) is 5.11 Å². The maximum Gasteiger partial charge on any atom is 0.0900 e. The van der Waals surface area contributed by atoms with Crippen molar-refractivity contribution < 1.29 is 9.84 Å². The molecule has 1 N–H and O–H groups in total. The Morgan fingerprint density at radius 2 is 2.05 bits per heavy atom. The molecular weight excluding hydrogens is 238 g/mol. The molecule has 1 aromatic carbocycles. The molecule has 1 aliphatic rings. The van der Waals surface area contributed by atoms with Gasteiger partial charge in [0.25, 0.3) is 0 Å². The van der Waals surface area contributed by atoms with Crippen LogP contribution >= 0.6 is 0 Å². The van der Waals surface area contributed by atoms with Gasteiger partial charge in [-0.2, -0.15) is 0 Å². The van der Waals surface area contributed by atoms with Gasteiger partial charge in [0.15, 0.2) is 0 Å². The van der Waals surface area contributed by atoms with E-state index in [2.05, 4.69) is 36.1 Å². The van der Waals surface area contributed by atoms with Gasteiger partial charge < -0.3 is 9.84 Å². The number of nitrogens with zero attached hydrogens (tertiary/aromatic N) is 1. The molecule has 1 aromatic rings. The van der Waals surface area contributed by atoms with E-state index >= 15 is 0 Å². The van der Waals surface area contributed by atoms with Gasteiger partial charge in [0, 0.05) is 19.7 Å². The average molecular weight is 263 g/mol. The molecule has 0 amide bonds. The summed E-state index contributed by atoms with van der Waals surface area (Å²) in [6.07, 6.45) is 3.29. The zero-order chi connectivity index (χ0) is 13.7. The molecule has 0 spiro atoms. The van der Waals surface area contributed by atoms with Crippen molar-refractivity contribution in [2.24, 2.45) is 0 Å². The Bertz CT molecular complexity index is 377. The van der Waals surface area contributed by atoms with E-state index in [1.165, 1.54) is 30.4 Å². The topological polar surface area (TPSA) is 32.7 Å². The van der Waals surface area contributed by atoms with Crippen LogP contribution < -0.4 is 0 Å². The number of hydrogen-bond donors (Lipinski definition) is 1. The number of ether oxygens (including phenoxy) is 1. The van der Waals surface area contributed by atoms with E-state index in [0.29, 0.717) is 19.2 Å². The molecule has 2 rings (SSSR count). The van der Waals surface area contributed by atoms with E-state index in [-0.39, 0.29) is 0 Å². The fourth-order valence-corrected chi connectivity index (χ4v) is 2.89. The highest BCUT2D eigenvalue weighted by atomic mass is 16.5. The molecule has 1 aliphatic heterocycles. The number of rotatable bonds is 5. The summed E-state index contributed by atoms with van der Waals surface area (Å²) in [5.74, 6) is 0. The van der Waals surface area contributed by atoms with E-state index in [1.54, 1.807) is 7.11 Å². The first kappa shape index (κ1) is 14.5. The summed E-state index contributed by atoms with van der Waals surface area (Å²) in [7, 11) is 1.64. The molecule has 3 nitrogen and oxygen atoms in total. The third-order valence-corrected chi connectivity index (χ3v) is 3.88. The van der Waals surface area contributed by atoms with Crippen LogP contribution in [0.25, 0.3) is 0 Å². The van der Waals surface area contributed by atoms with Crippen LogP contribution in [-0.4, -0.2) is 42.9 Å². The number of β-amino-alcohol motifs (C(OH)–C–C–N with tert-alkyl or cyclic N) is 1. The van der Waals surface area contributed by atoms with Gasteiger partial charge in [-0.3, -0.25) is 4.90 Å². The Morgan fingerprint density at radius 1 is 1.32 bits per heavy atom. The van der Waals surface area contributed by atoms with Crippen LogP contribution in [0.1, 0.15) is 36.4 Å². The largest absolute Gasteiger partial charge is 0.389 e. The lowest BCUT2D eigenvalue weighted by Gasteiger charge is -2.37. The summed E-state index contributed by atoms with van der Waals surface area (Å²) in [6, 6.07) is 9.24. The second-order valence-corrected chi connectivity index (χ2v) is 5.53. The highest BCUT2D eigenvalue weighted by Crippen LogP contribution is 2.30. The summed E-state index contributed by atoms with van der Waals surface area (Å²) in [6.45, 7) is 4.30. The molecule has 1 heterocycles. The van der Waals surface area contributed by atoms with Gasteiger partial charge in [-0.25, -0.2) is 0 Å². The number of aryl methyl sites for hydroxylation is 1. The molecule has 1 saturated heterocycles. The lowest BCUT2D eigenvalue weighted by Crippen LogP contribution is -2.40. The van der Waals surface area contributed by atoms with Crippen LogP contribution in [0, 0.1) is 6.92 Å². The van der Waals surface area contributed by atoms with Crippen molar-refractivity contribution in [2.45, 2.75) is 38.3 Å². The normalized spacial score (nSPS) is 22.4. The maximum absolute atomic E-state index is 9.94. The summed E-state index contributed by atoms with van der Waals surface area (Å²) < 4.78 is 5.03. The second-order valence-electron chi connectivity index (χ2n) is 5.53. The Labute approximate surface area is 116 Å². The Hall–Kier alpha value is -0.900. The van der Waals surface area contributed by atoms with Gasteiger partial charge in [0.1, 0.15) is 0 Å². The molecule has 0 saturated carbocycles. The number of aliphatic hydroxyl groups excluding tert-OH is 1. The van der Waals surface area contributed by atoms with E-state index < -0.39 is 6.10 Å². The van der Waals surface area contributed by atoms with Crippen LogP contribution in [0.3, 0.4) is 0 Å². The summed E-state index contributed by atoms with van der Waals surface area (Å²) in [5.41, 5.74) is 2.67. The fourth-order valence-electron chi connectivity index (χ4n) is 2.89. The predicted molar refractivity (Wildman–Crippen MR) is 77.2 cm³/mol. The van der Waals surface area contributed by atoms with Crippen LogP contribution in [0.5, 0.6) is 0 Å². The van der Waals surface area contributed by atoms with Crippen molar-refractivity contribution in [2.75, 3.05) is 26.8 Å². The number of hydrogen-bond acceptors (Lipinski definition) is 3. The standard InChI is InChI=1S/C16H25NO2/c1-13-6-8-14(9-7-13)16-5-3-4-10-17(16)11-15(18)12-19-2/h6-9,15-16,18H,3-5,10-12H2,1-2H3. The van der Waals surface area contributed by atoms with Crippen molar-refractivity contribution >= 4 is 0 Å². The summed E-state index contributed by atoms with van der Waals surface area (Å²) >= 11 is 0. The lowest BCUT2D eigenvalue weighted by atomic mass is 9.94. The zero-order valence-corrected chi connectivity index (χ0v) is 12.0. The second kappa shape index (κ2) is 7.04. The molecule has 19 heavy (non-hydrogen) atoms. The molecule has 0 radical (unpaired) electrons. The van der Waals surface area contributed by atoms with Crippen molar-refractivity contribution in [3.8, 4) is 0 Å². The van der Waals surface area contributed by atoms with Gasteiger partial charge in [0.2, 0.25) is 0 Å². The number of likely N-dealkylation sites (tertiary alicyclic amines) is 1. The van der Waals surface area contributed by atoms with Crippen molar-refractivity contribution in [3.63, 3.8) is 0 Å². The zero-order valence-electron chi connectivity index (χ0n) is 12.0. The maximum atomic E-state index is 9.94. The fraction of sp³-hybridized carbons (Fsp3) is 0.625. The third-order valence-electron chi connectivity index (χ3n) is 3.88. The van der Waals surface area contributed by atoms with Crippen LogP contribution in [-0.2, 0) is 4.74 Å². The minimum Gasteiger partial charge on any atom is -0.389 e. The highest BCUT2D eigenvalue weighted by molar-refractivity contribution is 5.24. The van der Waals surface area contributed by atoms with E-state index in [4.69, 9.17) is 4.74 Å². The van der Waals surface area contributed by atoms with Gasteiger partial charge in [-0.15, -0.1) is 0 Å². The first-order valence-corrected chi connectivity index (χ1v) is 7.18. The highest BCUT2D eigenvalue weighted by Gasteiger charge is 2.25. The molecule has 0 aromatic heterocycles. The molecular formula is C16H25NO2. The lowest BCUT2D eigenvalue weighted by molar-refractivity contribution is 0.0177.